The molecule has 0 aromatic heterocycles. The Morgan fingerprint density at radius 1 is 1.07 bits per heavy atom. The SMILES string of the molecule is O=C(COc1ccc(Cl)cc1)Nc1ccc(N2CCCC2)c(C(=O)NC2CC2)c1. The summed E-state index contributed by atoms with van der Waals surface area (Å²) >= 11 is 5.85. The fraction of sp³-hybridized carbons (Fsp3) is 0.364. The third-order valence-electron chi connectivity index (χ3n) is 5.07. The van der Waals surface area contributed by atoms with Gasteiger partial charge in [-0.15, -0.1) is 0 Å². The Morgan fingerprint density at radius 3 is 2.48 bits per heavy atom. The van der Waals surface area contributed by atoms with Crippen molar-refractivity contribution in [3.05, 3.63) is 53.1 Å². The molecule has 1 aliphatic heterocycles. The molecule has 0 atom stereocenters. The van der Waals surface area contributed by atoms with Crippen LogP contribution in [0.1, 0.15) is 36.0 Å². The minimum Gasteiger partial charge on any atom is -0.484 e. The van der Waals surface area contributed by atoms with Crippen LogP contribution in [0.15, 0.2) is 42.5 Å². The van der Waals surface area contributed by atoms with Gasteiger partial charge in [-0.3, -0.25) is 9.59 Å². The predicted molar refractivity (Wildman–Crippen MR) is 114 cm³/mol. The first kappa shape index (κ1) is 19.6. The van der Waals surface area contributed by atoms with E-state index in [9.17, 15) is 9.59 Å². The number of hydrogen-bond donors (Lipinski definition) is 2. The topological polar surface area (TPSA) is 70.7 Å². The Kier molecular flexibility index (Phi) is 5.90. The summed E-state index contributed by atoms with van der Waals surface area (Å²) in [6, 6.07) is 12.6. The molecule has 2 aromatic rings. The van der Waals surface area contributed by atoms with E-state index in [1.165, 1.54) is 0 Å². The number of carbonyl (C=O) groups excluding carboxylic acids is 2. The molecule has 2 fully saturated rings. The van der Waals surface area contributed by atoms with Crippen molar-refractivity contribution in [2.75, 3.05) is 29.9 Å². The normalized spacial score (nSPS) is 15.8. The molecule has 7 heteroatoms. The molecule has 0 radical (unpaired) electrons. The Bertz CT molecular complexity index is 891. The molecular formula is C22H24ClN3O3. The molecule has 2 aliphatic rings. The highest BCUT2D eigenvalue weighted by atomic mass is 35.5. The minimum absolute atomic E-state index is 0.0806. The average molecular weight is 414 g/mol. The number of anilines is 2. The van der Waals surface area contributed by atoms with E-state index >= 15 is 0 Å². The van der Waals surface area contributed by atoms with E-state index < -0.39 is 0 Å². The van der Waals surface area contributed by atoms with Crippen LogP contribution < -0.4 is 20.3 Å². The maximum atomic E-state index is 12.8. The van der Waals surface area contributed by atoms with Crippen LogP contribution in [0, 0.1) is 0 Å². The maximum Gasteiger partial charge on any atom is 0.262 e. The van der Waals surface area contributed by atoms with Gasteiger partial charge in [0.25, 0.3) is 11.8 Å². The predicted octanol–water partition coefficient (Wildman–Crippen LogP) is 3.85. The smallest absolute Gasteiger partial charge is 0.262 e. The van der Waals surface area contributed by atoms with Crippen LogP contribution in [0.3, 0.4) is 0 Å². The van der Waals surface area contributed by atoms with Gasteiger partial charge in [-0.05, 0) is 68.1 Å². The van der Waals surface area contributed by atoms with Gasteiger partial charge in [0, 0.05) is 35.5 Å². The van der Waals surface area contributed by atoms with Crippen LogP contribution in [0.5, 0.6) is 5.75 Å². The Morgan fingerprint density at radius 2 is 1.79 bits per heavy atom. The van der Waals surface area contributed by atoms with E-state index in [-0.39, 0.29) is 24.5 Å². The van der Waals surface area contributed by atoms with Crippen LogP contribution in [-0.2, 0) is 4.79 Å². The van der Waals surface area contributed by atoms with Gasteiger partial charge in [0.2, 0.25) is 0 Å². The van der Waals surface area contributed by atoms with Gasteiger partial charge in [0.05, 0.1) is 5.56 Å². The molecule has 2 N–H and O–H groups in total. The summed E-state index contributed by atoms with van der Waals surface area (Å²) in [4.78, 5) is 27.3. The largest absolute Gasteiger partial charge is 0.484 e. The molecule has 0 bridgehead atoms. The third-order valence-corrected chi connectivity index (χ3v) is 5.32. The minimum atomic E-state index is -0.289. The van der Waals surface area contributed by atoms with Crippen molar-refractivity contribution >= 4 is 34.8 Å². The summed E-state index contributed by atoms with van der Waals surface area (Å²) in [6.45, 7) is 1.77. The highest BCUT2D eigenvalue weighted by molar-refractivity contribution is 6.30. The van der Waals surface area contributed by atoms with Crippen LogP contribution in [0.2, 0.25) is 5.02 Å². The fourth-order valence-corrected chi connectivity index (χ4v) is 3.52. The molecule has 29 heavy (non-hydrogen) atoms. The number of carbonyl (C=O) groups is 2. The summed E-state index contributed by atoms with van der Waals surface area (Å²) in [5, 5.41) is 6.48. The number of rotatable bonds is 7. The second-order valence-corrected chi connectivity index (χ2v) is 7.90. The van der Waals surface area contributed by atoms with Gasteiger partial charge in [0.1, 0.15) is 5.75 Å². The molecule has 1 aliphatic carbocycles. The van der Waals surface area contributed by atoms with Gasteiger partial charge in [0.15, 0.2) is 6.61 Å². The van der Waals surface area contributed by atoms with Crippen LogP contribution in [0.25, 0.3) is 0 Å². The zero-order valence-electron chi connectivity index (χ0n) is 16.1. The van der Waals surface area contributed by atoms with Crippen molar-refractivity contribution in [3.63, 3.8) is 0 Å². The van der Waals surface area contributed by atoms with Gasteiger partial charge < -0.3 is 20.3 Å². The van der Waals surface area contributed by atoms with E-state index in [4.69, 9.17) is 16.3 Å². The number of hydrogen-bond acceptors (Lipinski definition) is 4. The standard InChI is InChI=1S/C22H24ClN3O3/c23-15-3-8-18(9-4-15)29-14-21(27)24-17-7-10-20(26-11-1-2-12-26)19(13-17)22(28)25-16-5-6-16/h3-4,7-10,13,16H,1-2,5-6,11-12,14H2,(H,24,27)(H,25,28). The second-order valence-electron chi connectivity index (χ2n) is 7.46. The van der Waals surface area contributed by atoms with Gasteiger partial charge in [-0.25, -0.2) is 0 Å². The lowest BCUT2D eigenvalue weighted by atomic mass is 10.1. The quantitative estimate of drug-likeness (QED) is 0.723. The Balaban J connectivity index is 1.44. The summed E-state index contributed by atoms with van der Waals surface area (Å²) < 4.78 is 5.48. The number of halogens is 1. The van der Waals surface area contributed by atoms with Crippen molar-refractivity contribution in [1.29, 1.82) is 0 Å². The lowest BCUT2D eigenvalue weighted by Gasteiger charge is -2.22. The van der Waals surface area contributed by atoms with Crippen LogP contribution >= 0.6 is 11.6 Å². The molecular weight excluding hydrogens is 390 g/mol. The first-order valence-electron chi connectivity index (χ1n) is 9.96. The summed E-state index contributed by atoms with van der Waals surface area (Å²) in [5.74, 6) is 0.198. The zero-order chi connectivity index (χ0) is 20.2. The third kappa shape index (κ3) is 5.21. The number of amides is 2. The first-order valence-corrected chi connectivity index (χ1v) is 10.3. The number of ether oxygens (including phenoxy) is 1. The average Bonchev–Trinajstić information content (AvgIpc) is 3.36. The maximum absolute atomic E-state index is 12.8. The molecule has 2 aromatic carbocycles. The molecule has 0 unspecified atom stereocenters. The van der Waals surface area contributed by atoms with E-state index in [0.29, 0.717) is 22.0 Å². The monoisotopic (exact) mass is 413 g/mol. The van der Waals surface area contributed by atoms with Crippen molar-refractivity contribution in [1.82, 2.24) is 5.32 Å². The number of benzene rings is 2. The second kappa shape index (κ2) is 8.74. The number of nitrogens with zero attached hydrogens (tertiary/aromatic N) is 1. The molecule has 1 heterocycles. The molecule has 6 nitrogen and oxygen atoms in total. The van der Waals surface area contributed by atoms with E-state index in [2.05, 4.69) is 15.5 Å². The lowest BCUT2D eigenvalue weighted by molar-refractivity contribution is -0.118. The lowest BCUT2D eigenvalue weighted by Crippen LogP contribution is -2.29. The molecule has 1 saturated heterocycles. The van der Waals surface area contributed by atoms with Crippen LogP contribution in [0.4, 0.5) is 11.4 Å². The Labute approximate surface area is 175 Å². The van der Waals surface area contributed by atoms with Crippen LogP contribution in [-0.4, -0.2) is 37.6 Å². The van der Waals surface area contributed by atoms with E-state index in [1.807, 2.05) is 12.1 Å². The molecule has 152 valence electrons. The molecule has 0 spiro atoms. The van der Waals surface area contributed by atoms with Crippen molar-refractivity contribution in [3.8, 4) is 5.75 Å². The molecule has 1 saturated carbocycles. The fourth-order valence-electron chi connectivity index (χ4n) is 3.40. The van der Waals surface area contributed by atoms with Gasteiger partial charge >= 0.3 is 0 Å². The number of nitrogens with one attached hydrogen (secondary N) is 2. The summed E-state index contributed by atoms with van der Waals surface area (Å²) in [7, 11) is 0. The highest BCUT2D eigenvalue weighted by Crippen LogP contribution is 2.29. The zero-order valence-corrected chi connectivity index (χ0v) is 16.9. The summed E-state index contributed by atoms with van der Waals surface area (Å²) in [6.07, 6.45) is 4.32. The van der Waals surface area contributed by atoms with Gasteiger partial charge in [-0.1, -0.05) is 11.6 Å². The molecule has 4 rings (SSSR count). The molecule has 2 amide bonds. The van der Waals surface area contributed by atoms with Crippen molar-refractivity contribution < 1.29 is 14.3 Å². The van der Waals surface area contributed by atoms with Crippen molar-refractivity contribution in [2.24, 2.45) is 0 Å². The van der Waals surface area contributed by atoms with E-state index in [0.717, 1.165) is 44.5 Å². The Hall–Kier alpha value is -2.73. The van der Waals surface area contributed by atoms with Gasteiger partial charge in [-0.2, -0.15) is 0 Å². The first-order chi connectivity index (χ1) is 14.1. The van der Waals surface area contributed by atoms with Crippen molar-refractivity contribution in [2.45, 2.75) is 31.7 Å². The summed E-state index contributed by atoms with van der Waals surface area (Å²) in [5.41, 5.74) is 2.12. The van der Waals surface area contributed by atoms with E-state index in [1.54, 1.807) is 30.3 Å². The highest BCUT2D eigenvalue weighted by Gasteiger charge is 2.26.